The summed E-state index contributed by atoms with van der Waals surface area (Å²) in [4.78, 5) is 0. The minimum absolute atomic E-state index is 0.0430. The molecule has 128 valence electrons. The molecule has 23 heavy (non-hydrogen) atoms. The van der Waals surface area contributed by atoms with E-state index in [1.54, 1.807) is 6.92 Å². The van der Waals surface area contributed by atoms with Crippen molar-refractivity contribution in [2.24, 2.45) is 0 Å². The molecular formula is C16H23BF2O4. The first-order valence-electron chi connectivity index (χ1n) is 7.49. The van der Waals surface area contributed by atoms with E-state index in [1.165, 1.54) is 19.2 Å². The third kappa shape index (κ3) is 3.51. The zero-order valence-corrected chi connectivity index (χ0v) is 14.4. The quantitative estimate of drug-likeness (QED) is 0.614. The lowest BCUT2D eigenvalue weighted by Gasteiger charge is -2.32. The van der Waals surface area contributed by atoms with Gasteiger partial charge < -0.3 is 18.8 Å². The lowest BCUT2D eigenvalue weighted by Crippen LogP contribution is -2.41. The van der Waals surface area contributed by atoms with E-state index in [0.717, 1.165) is 0 Å². The molecule has 1 aromatic carbocycles. The van der Waals surface area contributed by atoms with Gasteiger partial charge in [0.2, 0.25) is 0 Å². The van der Waals surface area contributed by atoms with Gasteiger partial charge in [-0.25, -0.2) is 8.78 Å². The highest BCUT2D eigenvalue weighted by molar-refractivity contribution is 6.63. The molecule has 0 unspecified atom stereocenters. The van der Waals surface area contributed by atoms with E-state index in [9.17, 15) is 8.78 Å². The molecule has 0 amide bonds. The Labute approximate surface area is 136 Å². The van der Waals surface area contributed by atoms with Crippen LogP contribution in [-0.2, 0) is 14.0 Å². The second-order valence-corrected chi connectivity index (χ2v) is 6.69. The highest BCUT2D eigenvalue weighted by Gasteiger charge is 2.53. The van der Waals surface area contributed by atoms with Gasteiger partial charge >= 0.3 is 7.12 Å². The van der Waals surface area contributed by atoms with Gasteiger partial charge in [0.1, 0.15) is 5.75 Å². The van der Waals surface area contributed by atoms with Crippen molar-refractivity contribution in [1.29, 1.82) is 0 Å². The molecule has 1 fully saturated rings. The minimum atomic E-state index is -2.58. The van der Waals surface area contributed by atoms with Crippen molar-refractivity contribution < 1.29 is 27.6 Å². The Bertz CT molecular complexity index is 559. The summed E-state index contributed by atoms with van der Waals surface area (Å²) in [7, 11) is 0.789. The average molecular weight is 328 g/mol. The van der Waals surface area contributed by atoms with Gasteiger partial charge in [-0.2, -0.15) is 0 Å². The second-order valence-electron chi connectivity index (χ2n) is 6.69. The summed E-state index contributed by atoms with van der Waals surface area (Å²) in [5, 5.41) is 0. The predicted octanol–water partition coefficient (Wildman–Crippen LogP) is 3.21. The van der Waals surface area contributed by atoms with Crippen LogP contribution in [0.4, 0.5) is 8.78 Å². The molecule has 0 atom stereocenters. The molecule has 1 aliphatic heterocycles. The molecule has 1 aromatic rings. The molecule has 0 saturated carbocycles. The third-order valence-corrected chi connectivity index (χ3v) is 4.44. The smallest absolute Gasteiger partial charge is 0.468 e. The molecule has 2 rings (SSSR count). The highest BCUT2D eigenvalue weighted by Crippen LogP contribution is 2.38. The standard InChI is InChI=1S/C16H23BF2O4/c1-10-7-11(14(18)19)8-12(21-9-20-6)13(10)17-22-15(2,3)16(4,5)23-17/h7-8,14H,9H2,1-6H3. The van der Waals surface area contributed by atoms with E-state index in [1.807, 2.05) is 27.7 Å². The molecule has 0 bridgehead atoms. The number of ether oxygens (including phenoxy) is 2. The topological polar surface area (TPSA) is 36.9 Å². The Kier molecular flexibility index (Phi) is 5.04. The molecule has 0 radical (unpaired) electrons. The van der Waals surface area contributed by atoms with Crippen molar-refractivity contribution in [2.45, 2.75) is 52.2 Å². The van der Waals surface area contributed by atoms with Gasteiger partial charge in [0.15, 0.2) is 6.79 Å². The Morgan fingerprint density at radius 2 is 1.70 bits per heavy atom. The van der Waals surface area contributed by atoms with Crippen LogP contribution in [-0.4, -0.2) is 32.2 Å². The fourth-order valence-corrected chi connectivity index (χ4v) is 2.42. The highest BCUT2D eigenvalue weighted by atomic mass is 19.3. The molecular weight excluding hydrogens is 305 g/mol. The van der Waals surface area contributed by atoms with Crippen LogP contribution in [0.15, 0.2) is 12.1 Å². The fourth-order valence-electron chi connectivity index (χ4n) is 2.42. The second kappa shape index (κ2) is 6.38. The number of rotatable bonds is 5. The Morgan fingerprint density at radius 1 is 1.13 bits per heavy atom. The van der Waals surface area contributed by atoms with Crippen LogP contribution in [0.5, 0.6) is 5.75 Å². The monoisotopic (exact) mass is 328 g/mol. The summed E-state index contributed by atoms with van der Waals surface area (Å²) in [6.07, 6.45) is -2.58. The summed E-state index contributed by atoms with van der Waals surface area (Å²) >= 11 is 0. The SMILES string of the molecule is COCOc1cc(C(F)F)cc(C)c1B1OC(C)(C)C(C)(C)O1. The average Bonchev–Trinajstić information content (AvgIpc) is 2.63. The first kappa shape index (κ1) is 18.2. The Balaban J connectivity index is 2.45. The third-order valence-electron chi connectivity index (χ3n) is 4.44. The first-order valence-corrected chi connectivity index (χ1v) is 7.49. The van der Waals surface area contributed by atoms with E-state index in [4.69, 9.17) is 18.8 Å². The Morgan fingerprint density at radius 3 is 2.17 bits per heavy atom. The van der Waals surface area contributed by atoms with Crippen LogP contribution in [0.2, 0.25) is 0 Å². The number of benzene rings is 1. The lowest BCUT2D eigenvalue weighted by molar-refractivity contribution is 0.00578. The van der Waals surface area contributed by atoms with Gasteiger partial charge in [0.05, 0.1) is 11.2 Å². The number of hydrogen-bond donors (Lipinski definition) is 0. The van der Waals surface area contributed by atoms with Crippen LogP contribution in [0.25, 0.3) is 0 Å². The van der Waals surface area contributed by atoms with Crippen LogP contribution in [0.1, 0.15) is 45.2 Å². The van der Waals surface area contributed by atoms with Gasteiger partial charge in [0, 0.05) is 18.1 Å². The lowest BCUT2D eigenvalue weighted by atomic mass is 9.75. The summed E-state index contributed by atoms with van der Waals surface area (Å²) in [6, 6.07) is 2.75. The van der Waals surface area contributed by atoms with Crippen molar-refractivity contribution in [3.05, 3.63) is 23.3 Å². The molecule has 1 aliphatic rings. The van der Waals surface area contributed by atoms with Crippen LogP contribution in [0.3, 0.4) is 0 Å². The molecule has 7 heteroatoms. The largest absolute Gasteiger partial charge is 0.498 e. The minimum Gasteiger partial charge on any atom is -0.468 e. The maximum absolute atomic E-state index is 13.1. The van der Waals surface area contributed by atoms with E-state index >= 15 is 0 Å². The number of halogens is 2. The van der Waals surface area contributed by atoms with Crippen LogP contribution in [0, 0.1) is 6.92 Å². The van der Waals surface area contributed by atoms with Crippen molar-refractivity contribution in [2.75, 3.05) is 13.9 Å². The summed E-state index contributed by atoms with van der Waals surface area (Å²) in [5.74, 6) is 0.292. The zero-order chi connectivity index (χ0) is 17.4. The number of methoxy groups -OCH3 is 1. The first-order chi connectivity index (χ1) is 10.6. The number of alkyl halides is 2. The molecule has 0 aliphatic carbocycles. The molecule has 4 nitrogen and oxygen atoms in total. The van der Waals surface area contributed by atoms with Gasteiger partial charge in [-0.1, -0.05) is 6.07 Å². The maximum atomic E-state index is 13.1. The van der Waals surface area contributed by atoms with E-state index in [0.29, 0.717) is 16.8 Å². The van der Waals surface area contributed by atoms with Crippen LogP contribution >= 0.6 is 0 Å². The fraction of sp³-hybridized carbons (Fsp3) is 0.625. The predicted molar refractivity (Wildman–Crippen MR) is 84.4 cm³/mol. The molecule has 0 spiro atoms. The summed E-state index contributed by atoms with van der Waals surface area (Å²) in [5.41, 5.74) is 0.0972. The summed E-state index contributed by atoms with van der Waals surface area (Å²) < 4.78 is 48.5. The molecule has 1 heterocycles. The van der Waals surface area contributed by atoms with Crippen molar-refractivity contribution in [3.63, 3.8) is 0 Å². The van der Waals surface area contributed by atoms with Crippen LogP contribution < -0.4 is 10.2 Å². The van der Waals surface area contributed by atoms with E-state index in [-0.39, 0.29) is 12.4 Å². The van der Waals surface area contributed by atoms with Crippen molar-refractivity contribution in [1.82, 2.24) is 0 Å². The molecule has 1 saturated heterocycles. The maximum Gasteiger partial charge on any atom is 0.498 e. The number of hydrogen-bond acceptors (Lipinski definition) is 4. The number of aryl methyl sites for hydroxylation is 1. The van der Waals surface area contributed by atoms with Gasteiger partial charge in [-0.05, 0) is 46.2 Å². The van der Waals surface area contributed by atoms with Crippen molar-refractivity contribution >= 4 is 12.6 Å². The van der Waals surface area contributed by atoms with E-state index in [2.05, 4.69) is 0 Å². The van der Waals surface area contributed by atoms with Gasteiger partial charge in [-0.3, -0.25) is 0 Å². The normalized spacial score (nSPS) is 19.4. The van der Waals surface area contributed by atoms with Gasteiger partial charge in [0.25, 0.3) is 6.43 Å². The molecule has 0 N–H and O–H groups in total. The van der Waals surface area contributed by atoms with Gasteiger partial charge in [-0.15, -0.1) is 0 Å². The van der Waals surface area contributed by atoms with Crippen molar-refractivity contribution in [3.8, 4) is 5.75 Å². The van der Waals surface area contributed by atoms with E-state index < -0.39 is 24.7 Å². The zero-order valence-electron chi connectivity index (χ0n) is 14.4. The molecule has 0 aromatic heterocycles. The Hall–Kier alpha value is -1.18. The summed E-state index contributed by atoms with van der Waals surface area (Å²) in [6.45, 7) is 9.44.